The van der Waals surface area contributed by atoms with Crippen LogP contribution in [0, 0.1) is 6.92 Å². The molecule has 3 aromatic rings. The Labute approximate surface area is 147 Å². The maximum atomic E-state index is 12.3. The van der Waals surface area contributed by atoms with Gasteiger partial charge >= 0.3 is 0 Å². The van der Waals surface area contributed by atoms with E-state index in [9.17, 15) is 4.79 Å². The molecule has 0 saturated carbocycles. The lowest BCUT2D eigenvalue weighted by Crippen LogP contribution is -2.34. The van der Waals surface area contributed by atoms with Crippen molar-refractivity contribution in [2.24, 2.45) is 0 Å². The van der Waals surface area contributed by atoms with Gasteiger partial charge < -0.3 is 14.2 Å². The molecule has 0 spiro atoms. The second-order valence-corrected chi connectivity index (χ2v) is 6.15. The van der Waals surface area contributed by atoms with Crippen molar-refractivity contribution in [2.75, 3.05) is 0 Å². The summed E-state index contributed by atoms with van der Waals surface area (Å²) in [6.45, 7) is 3.83. The molecule has 130 valence electrons. The summed E-state index contributed by atoms with van der Waals surface area (Å²) in [5, 5.41) is 3.00. The molecule has 2 heterocycles. The molecule has 2 aromatic heterocycles. The fourth-order valence-corrected chi connectivity index (χ4v) is 2.66. The van der Waals surface area contributed by atoms with Gasteiger partial charge in [-0.3, -0.25) is 4.79 Å². The van der Waals surface area contributed by atoms with Crippen molar-refractivity contribution < 1.29 is 13.6 Å². The number of furan rings is 1. The minimum Gasteiger partial charge on any atom is -0.469 e. The zero-order valence-electron chi connectivity index (χ0n) is 14.5. The highest BCUT2D eigenvalue weighted by atomic mass is 16.4. The smallest absolute Gasteiger partial charge is 0.226 e. The summed E-state index contributed by atoms with van der Waals surface area (Å²) in [4.78, 5) is 16.7. The number of hydrogen-bond acceptors (Lipinski definition) is 4. The Hall–Kier alpha value is -2.82. The van der Waals surface area contributed by atoms with E-state index in [1.807, 2.05) is 56.3 Å². The number of nitrogens with one attached hydrogen (secondary N) is 1. The van der Waals surface area contributed by atoms with Crippen LogP contribution < -0.4 is 5.32 Å². The summed E-state index contributed by atoms with van der Waals surface area (Å²) in [6.07, 6.45) is 3.51. The minimum atomic E-state index is -0.0528. The highest BCUT2D eigenvalue weighted by molar-refractivity contribution is 5.78. The second kappa shape index (κ2) is 7.83. The van der Waals surface area contributed by atoms with Gasteiger partial charge in [-0.2, -0.15) is 0 Å². The van der Waals surface area contributed by atoms with Crippen LogP contribution in [0.1, 0.15) is 30.6 Å². The van der Waals surface area contributed by atoms with Crippen molar-refractivity contribution in [1.82, 2.24) is 10.3 Å². The van der Waals surface area contributed by atoms with Crippen molar-refractivity contribution in [3.63, 3.8) is 0 Å². The zero-order valence-corrected chi connectivity index (χ0v) is 14.5. The number of hydrogen-bond donors (Lipinski definition) is 1. The molecule has 0 aliphatic heterocycles. The summed E-state index contributed by atoms with van der Waals surface area (Å²) in [7, 11) is 0. The average Bonchev–Trinajstić information content (AvgIpc) is 3.24. The largest absolute Gasteiger partial charge is 0.469 e. The predicted octanol–water partition coefficient (Wildman–Crippen LogP) is 3.92. The number of carbonyl (C=O) groups is 1. The maximum absolute atomic E-state index is 12.3. The van der Waals surface area contributed by atoms with Crippen LogP contribution in [0.4, 0.5) is 0 Å². The Balaban J connectivity index is 1.55. The molecular formula is C20H22N2O3. The van der Waals surface area contributed by atoms with E-state index in [1.165, 1.54) is 0 Å². The lowest BCUT2D eigenvalue weighted by atomic mass is 10.1. The number of carbonyl (C=O) groups excluding carboxylic acids is 1. The monoisotopic (exact) mass is 338 g/mol. The van der Waals surface area contributed by atoms with Gasteiger partial charge in [-0.25, -0.2) is 4.98 Å². The summed E-state index contributed by atoms with van der Waals surface area (Å²) in [5.74, 6) is 2.10. The third kappa shape index (κ3) is 4.59. The fraction of sp³-hybridized carbons (Fsp3) is 0.300. The molecule has 3 rings (SSSR count). The first-order valence-electron chi connectivity index (χ1n) is 8.45. The summed E-state index contributed by atoms with van der Waals surface area (Å²) in [6, 6.07) is 13.6. The van der Waals surface area contributed by atoms with Gasteiger partial charge in [0.25, 0.3) is 0 Å². The van der Waals surface area contributed by atoms with Gasteiger partial charge in [-0.1, -0.05) is 18.2 Å². The predicted molar refractivity (Wildman–Crippen MR) is 95.0 cm³/mol. The van der Waals surface area contributed by atoms with Crippen molar-refractivity contribution in [3.05, 3.63) is 65.9 Å². The van der Waals surface area contributed by atoms with Crippen LogP contribution in [0.2, 0.25) is 0 Å². The first-order valence-corrected chi connectivity index (χ1v) is 8.45. The SMILES string of the molecule is Cc1oc(-c2ccccc2)nc1CC(=O)N[C@H](C)CCc1ccco1. The van der Waals surface area contributed by atoms with Gasteiger partial charge in [-0.05, 0) is 44.5 Å². The van der Waals surface area contributed by atoms with Crippen molar-refractivity contribution in [3.8, 4) is 11.5 Å². The Kier molecular flexibility index (Phi) is 5.33. The highest BCUT2D eigenvalue weighted by Crippen LogP contribution is 2.21. The van der Waals surface area contributed by atoms with Gasteiger partial charge in [0, 0.05) is 18.0 Å². The maximum Gasteiger partial charge on any atom is 0.226 e. The van der Waals surface area contributed by atoms with Gasteiger partial charge in [0.2, 0.25) is 11.8 Å². The highest BCUT2D eigenvalue weighted by Gasteiger charge is 2.16. The molecule has 0 radical (unpaired) electrons. The number of rotatable bonds is 7. The molecule has 1 N–H and O–H groups in total. The molecule has 0 saturated heterocycles. The normalized spacial score (nSPS) is 12.1. The van der Waals surface area contributed by atoms with E-state index >= 15 is 0 Å². The third-order valence-corrected chi connectivity index (χ3v) is 4.05. The van der Waals surface area contributed by atoms with E-state index in [-0.39, 0.29) is 18.4 Å². The number of aromatic nitrogens is 1. The van der Waals surface area contributed by atoms with E-state index in [0.29, 0.717) is 17.3 Å². The zero-order chi connectivity index (χ0) is 17.6. The third-order valence-electron chi connectivity index (χ3n) is 4.05. The van der Waals surface area contributed by atoms with Crippen LogP contribution in [-0.2, 0) is 17.6 Å². The summed E-state index contributed by atoms with van der Waals surface area (Å²) in [5.41, 5.74) is 1.58. The van der Waals surface area contributed by atoms with Gasteiger partial charge in [0.1, 0.15) is 11.5 Å². The van der Waals surface area contributed by atoms with Crippen molar-refractivity contribution >= 4 is 5.91 Å². The molecule has 5 nitrogen and oxygen atoms in total. The Bertz CT molecular complexity index is 807. The van der Waals surface area contributed by atoms with E-state index in [1.54, 1.807) is 6.26 Å². The van der Waals surface area contributed by atoms with Gasteiger partial charge in [-0.15, -0.1) is 0 Å². The quantitative estimate of drug-likeness (QED) is 0.709. The van der Waals surface area contributed by atoms with E-state index < -0.39 is 0 Å². The first kappa shape index (κ1) is 17.0. The number of benzene rings is 1. The standard InChI is InChI=1S/C20H22N2O3/c1-14(10-11-17-9-6-12-24-17)21-19(23)13-18-15(2)25-20(22-18)16-7-4-3-5-8-16/h3-9,12,14H,10-11,13H2,1-2H3,(H,21,23)/t14-/m1/s1. The van der Waals surface area contributed by atoms with Gasteiger partial charge in [0.05, 0.1) is 18.4 Å². The second-order valence-electron chi connectivity index (χ2n) is 6.15. The van der Waals surface area contributed by atoms with E-state index in [0.717, 1.165) is 24.2 Å². The minimum absolute atomic E-state index is 0.0528. The van der Waals surface area contributed by atoms with Crippen LogP contribution in [0.3, 0.4) is 0 Å². The molecular weight excluding hydrogens is 316 g/mol. The Morgan fingerprint density at radius 2 is 2.00 bits per heavy atom. The van der Waals surface area contributed by atoms with Crippen LogP contribution in [0.5, 0.6) is 0 Å². The Morgan fingerprint density at radius 1 is 1.20 bits per heavy atom. The van der Waals surface area contributed by atoms with Crippen LogP contribution in [-0.4, -0.2) is 16.9 Å². The molecule has 0 aliphatic rings. The summed E-state index contributed by atoms with van der Waals surface area (Å²) < 4.78 is 11.0. The van der Waals surface area contributed by atoms with Crippen LogP contribution in [0.15, 0.2) is 57.6 Å². The molecule has 0 aliphatic carbocycles. The molecule has 0 fully saturated rings. The molecule has 0 unspecified atom stereocenters. The number of oxazole rings is 1. The lowest BCUT2D eigenvalue weighted by molar-refractivity contribution is -0.121. The number of aryl methyl sites for hydroxylation is 2. The van der Waals surface area contributed by atoms with Crippen LogP contribution in [0.25, 0.3) is 11.5 Å². The van der Waals surface area contributed by atoms with E-state index in [2.05, 4.69) is 10.3 Å². The molecule has 1 amide bonds. The molecule has 5 heteroatoms. The lowest BCUT2D eigenvalue weighted by Gasteiger charge is -2.12. The van der Waals surface area contributed by atoms with Crippen molar-refractivity contribution in [2.45, 2.75) is 39.2 Å². The van der Waals surface area contributed by atoms with Crippen LogP contribution >= 0.6 is 0 Å². The summed E-state index contributed by atoms with van der Waals surface area (Å²) >= 11 is 0. The molecule has 1 atom stereocenters. The van der Waals surface area contributed by atoms with Gasteiger partial charge in [0.15, 0.2) is 0 Å². The number of amides is 1. The molecule has 0 bridgehead atoms. The molecule has 25 heavy (non-hydrogen) atoms. The Morgan fingerprint density at radius 3 is 2.72 bits per heavy atom. The first-order chi connectivity index (χ1) is 12.1. The van der Waals surface area contributed by atoms with E-state index in [4.69, 9.17) is 8.83 Å². The number of nitrogens with zero attached hydrogens (tertiary/aromatic N) is 1. The fourth-order valence-electron chi connectivity index (χ4n) is 2.66. The molecule has 1 aromatic carbocycles. The van der Waals surface area contributed by atoms with Crippen molar-refractivity contribution in [1.29, 1.82) is 0 Å². The average molecular weight is 338 g/mol. The topological polar surface area (TPSA) is 68.3 Å².